The molecule has 4 nitrogen and oxygen atoms in total. The Morgan fingerprint density at radius 2 is 2.45 bits per heavy atom. The topological polar surface area (TPSA) is 44.4 Å². The van der Waals surface area contributed by atoms with E-state index in [9.17, 15) is 4.79 Å². The third-order valence-electron chi connectivity index (χ3n) is 3.83. The van der Waals surface area contributed by atoms with Crippen molar-refractivity contribution in [1.82, 2.24) is 15.5 Å². The minimum Gasteiger partial charge on any atom is -0.387 e. The van der Waals surface area contributed by atoms with Gasteiger partial charge in [-0.2, -0.15) is 0 Å². The van der Waals surface area contributed by atoms with Crippen molar-refractivity contribution in [3.05, 3.63) is 35.7 Å². The van der Waals surface area contributed by atoms with Crippen LogP contribution in [0.25, 0.3) is 0 Å². The van der Waals surface area contributed by atoms with Crippen LogP contribution < -0.4 is 10.6 Å². The van der Waals surface area contributed by atoms with E-state index in [1.54, 1.807) is 6.08 Å². The van der Waals surface area contributed by atoms with E-state index in [0.29, 0.717) is 6.04 Å². The summed E-state index contributed by atoms with van der Waals surface area (Å²) in [6.07, 6.45) is 10.8. The van der Waals surface area contributed by atoms with Crippen LogP contribution in [-0.2, 0) is 4.79 Å². The normalized spacial score (nSPS) is 24.9. The predicted octanol–water partition coefficient (Wildman–Crippen LogP) is 1.92. The number of allylic oxidation sites excluding steroid dienone is 2. The second kappa shape index (κ2) is 7.17. The average molecular weight is 275 g/mol. The summed E-state index contributed by atoms with van der Waals surface area (Å²) in [5.74, 6) is 0.145. The van der Waals surface area contributed by atoms with E-state index in [-0.39, 0.29) is 5.91 Å². The van der Waals surface area contributed by atoms with Gasteiger partial charge < -0.3 is 15.5 Å². The molecule has 0 unspecified atom stereocenters. The zero-order valence-electron chi connectivity index (χ0n) is 12.5. The minimum absolute atomic E-state index is 0.145. The number of hydrogen-bond acceptors (Lipinski definition) is 3. The van der Waals surface area contributed by atoms with E-state index in [1.807, 2.05) is 24.1 Å². The SMILES string of the molecule is CC/C=C/C(=O)N1CCC[C@H](N/C(C)=C2\C=CNC2)C1. The molecule has 0 aromatic rings. The van der Waals surface area contributed by atoms with Crippen LogP contribution in [0.3, 0.4) is 0 Å². The lowest BCUT2D eigenvalue weighted by Gasteiger charge is -2.33. The van der Waals surface area contributed by atoms with Gasteiger partial charge in [-0.15, -0.1) is 0 Å². The second-order valence-electron chi connectivity index (χ2n) is 5.44. The molecular weight excluding hydrogens is 250 g/mol. The van der Waals surface area contributed by atoms with Gasteiger partial charge in [0.25, 0.3) is 0 Å². The van der Waals surface area contributed by atoms with Gasteiger partial charge in [-0.3, -0.25) is 4.79 Å². The highest BCUT2D eigenvalue weighted by molar-refractivity contribution is 5.87. The molecular formula is C16H25N3O. The van der Waals surface area contributed by atoms with Crippen LogP contribution >= 0.6 is 0 Å². The molecule has 1 saturated heterocycles. The van der Waals surface area contributed by atoms with Crippen molar-refractivity contribution in [2.75, 3.05) is 19.6 Å². The maximum absolute atomic E-state index is 12.0. The van der Waals surface area contributed by atoms with Crippen LogP contribution in [0, 0.1) is 0 Å². The first kappa shape index (κ1) is 14.7. The third-order valence-corrected chi connectivity index (χ3v) is 3.83. The maximum Gasteiger partial charge on any atom is 0.246 e. The molecule has 2 rings (SSSR count). The van der Waals surface area contributed by atoms with Crippen LogP contribution in [0.4, 0.5) is 0 Å². The lowest BCUT2D eigenvalue weighted by Crippen LogP contribution is -2.47. The molecule has 2 aliphatic rings. The van der Waals surface area contributed by atoms with Crippen molar-refractivity contribution in [3.63, 3.8) is 0 Å². The van der Waals surface area contributed by atoms with E-state index in [4.69, 9.17) is 0 Å². The molecule has 110 valence electrons. The van der Waals surface area contributed by atoms with Crippen LogP contribution in [-0.4, -0.2) is 36.5 Å². The highest BCUT2D eigenvalue weighted by atomic mass is 16.2. The predicted molar refractivity (Wildman–Crippen MR) is 82.0 cm³/mol. The van der Waals surface area contributed by atoms with Crippen molar-refractivity contribution in [1.29, 1.82) is 0 Å². The van der Waals surface area contributed by atoms with E-state index in [0.717, 1.165) is 38.9 Å². The molecule has 1 atom stereocenters. The van der Waals surface area contributed by atoms with Crippen molar-refractivity contribution in [2.24, 2.45) is 0 Å². The number of amides is 1. The number of rotatable bonds is 4. The average Bonchev–Trinajstić information content (AvgIpc) is 2.99. The van der Waals surface area contributed by atoms with Gasteiger partial charge in [0, 0.05) is 31.4 Å². The summed E-state index contributed by atoms with van der Waals surface area (Å²) in [4.78, 5) is 14.0. The van der Waals surface area contributed by atoms with Gasteiger partial charge in [-0.05, 0) is 50.1 Å². The Bertz CT molecular complexity index is 437. The molecule has 2 aliphatic heterocycles. The molecule has 2 N–H and O–H groups in total. The number of hydrogen-bond donors (Lipinski definition) is 2. The van der Waals surface area contributed by atoms with Crippen molar-refractivity contribution in [2.45, 2.75) is 39.2 Å². The molecule has 20 heavy (non-hydrogen) atoms. The Hall–Kier alpha value is -1.71. The Labute approximate surface area is 121 Å². The fraction of sp³-hybridized carbons (Fsp3) is 0.562. The summed E-state index contributed by atoms with van der Waals surface area (Å²) in [6.45, 7) is 6.73. The summed E-state index contributed by atoms with van der Waals surface area (Å²) in [5, 5.41) is 6.76. The quantitative estimate of drug-likeness (QED) is 0.771. The van der Waals surface area contributed by atoms with Crippen LogP contribution in [0.15, 0.2) is 35.7 Å². The number of nitrogens with zero attached hydrogens (tertiary/aromatic N) is 1. The highest BCUT2D eigenvalue weighted by Gasteiger charge is 2.22. The number of piperidine rings is 1. The third kappa shape index (κ3) is 3.89. The van der Waals surface area contributed by atoms with Crippen LogP contribution in [0.2, 0.25) is 0 Å². The smallest absolute Gasteiger partial charge is 0.246 e. The molecule has 4 heteroatoms. The number of carbonyl (C=O) groups is 1. The van der Waals surface area contributed by atoms with Crippen molar-refractivity contribution < 1.29 is 4.79 Å². The first-order chi connectivity index (χ1) is 9.70. The Morgan fingerprint density at radius 1 is 1.60 bits per heavy atom. The number of carbonyl (C=O) groups excluding carboxylic acids is 1. The Kier molecular flexibility index (Phi) is 5.27. The fourth-order valence-corrected chi connectivity index (χ4v) is 2.66. The minimum atomic E-state index is 0.145. The maximum atomic E-state index is 12.0. The molecule has 1 amide bonds. The lowest BCUT2D eigenvalue weighted by molar-refractivity contribution is -0.127. The van der Waals surface area contributed by atoms with Gasteiger partial charge in [0.2, 0.25) is 5.91 Å². The monoisotopic (exact) mass is 275 g/mol. The molecule has 1 fully saturated rings. The first-order valence-electron chi connectivity index (χ1n) is 7.52. The second-order valence-corrected chi connectivity index (χ2v) is 5.44. The van der Waals surface area contributed by atoms with Gasteiger partial charge in [-0.1, -0.05) is 13.0 Å². The standard InChI is InChI=1S/C16H25N3O/c1-3-4-7-16(20)19-10-5-6-15(12-19)18-13(2)14-8-9-17-11-14/h4,7-9,15,17-18H,3,5-6,10-12H2,1-2H3/b7-4+,14-13+/t15-/m0/s1. The zero-order chi connectivity index (χ0) is 14.4. The van der Waals surface area contributed by atoms with Crippen molar-refractivity contribution >= 4 is 5.91 Å². The van der Waals surface area contributed by atoms with Gasteiger partial charge in [0.1, 0.15) is 0 Å². The molecule has 0 aliphatic carbocycles. The molecule has 0 radical (unpaired) electrons. The summed E-state index contributed by atoms with van der Waals surface area (Å²) >= 11 is 0. The summed E-state index contributed by atoms with van der Waals surface area (Å²) < 4.78 is 0. The van der Waals surface area contributed by atoms with Gasteiger partial charge in [0.05, 0.1) is 0 Å². The Balaban J connectivity index is 1.90. The summed E-state index contributed by atoms with van der Waals surface area (Å²) in [7, 11) is 0. The van der Waals surface area contributed by atoms with E-state index in [2.05, 4.69) is 23.6 Å². The largest absolute Gasteiger partial charge is 0.387 e. The number of nitrogens with one attached hydrogen (secondary N) is 2. The van der Waals surface area contributed by atoms with Crippen molar-refractivity contribution in [3.8, 4) is 0 Å². The van der Waals surface area contributed by atoms with E-state index in [1.165, 1.54) is 11.3 Å². The molecule has 0 aromatic heterocycles. The number of likely N-dealkylation sites (tertiary alicyclic amines) is 1. The lowest BCUT2D eigenvalue weighted by atomic mass is 10.0. The molecule has 0 bridgehead atoms. The summed E-state index contributed by atoms with van der Waals surface area (Å²) in [5.41, 5.74) is 2.52. The first-order valence-corrected chi connectivity index (χ1v) is 7.52. The molecule has 0 saturated carbocycles. The molecule has 2 heterocycles. The van der Waals surface area contributed by atoms with Gasteiger partial charge in [0.15, 0.2) is 0 Å². The molecule has 0 spiro atoms. The van der Waals surface area contributed by atoms with E-state index >= 15 is 0 Å². The fourth-order valence-electron chi connectivity index (χ4n) is 2.66. The van der Waals surface area contributed by atoms with Crippen LogP contribution in [0.5, 0.6) is 0 Å². The summed E-state index contributed by atoms with van der Waals surface area (Å²) in [6, 6.07) is 0.365. The van der Waals surface area contributed by atoms with Gasteiger partial charge >= 0.3 is 0 Å². The van der Waals surface area contributed by atoms with E-state index < -0.39 is 0 Å². The van der Waals surface area contributed by atoms with Gasteiger partial charge in [-0.25, -0.2) is 0 Å². The Morgan fingerprint density at radius 3 is 3.15 bits per heavy atom. The highest BCUT2D eigenvalue weighted by Crippen LogP contribution is 2.14. The van der Waals surface area contributed by atoms with Crippen LogP contribution in [0.1, 0.15) is 33.1 Å². The zero-order valence-corrected chi connectivity index (χ0v) is 12.5. The molecule has 0 aromatic carbocycles.